The summed E-state index contributed by atoms with van der Waals surface area (Å²) in [6, 6.07) is 0. The van der Waals surface area contributed by atoms with E-state index < -0.39 is 0 Å². The third kappa shape index (κ3) is 3.23. The molecule has 7 atom stereocenters. The van der Waals surface area contributed by atoms with Crippen molar-refractivity contribution in [3.63, 3.8) is 0 Å². The maximum Gasteiger partial charge on any atom is 0.302 e. The first-order valence-electron chi connectivity index (χ1n) is 10.5. The number of hydrogen-bond donors (Lipinski definition) is 1. The molecule has 3 aliphatic carbocycles. The number of carbonyl (C=O) groups is 2. The van der Waals surface area contributed by atoms with Gasteiger partial charge in [0.05, 0.1) is 0 Å². The molecule has 0 aromatic rings. The van der Waals surface area contributed by atoms with Crippen LogP contribution >= 0.6 is 0 Å². The number of ketones is 1. The van der Waals surface area contributed by atoms with Crippen molar-refractivity contribution >= 4 is 11.8 Å². The molecule has 4 heteroatoms. The fourth-order valence-electron chi connectivity index (χ4n) is 6.64. The molecule has 0 aliphatic heterocycles. The number of carbonyl (C=O) groups excluding carboxylic acids is 2. The summed E-state index contributed by atoms with van der Waals surface area (Å²) < 4.78 is 5.95. The van der Waals surface area contributed by atoms with Gasteiger partial charge in [0.1, 0.15) is 11.9 Å². The highest BCUT2D eigenvalue weighted by Crippen LogP contribution is 2.60. The van der Waals surface area contributed by atoms with Crippen molar-refractivity contribution in [3.05, 3.63) is 0 Å². The van der Waals surface area contributed by atoms with Gasteiger partial charge in [-0.1, -0.05) is 27.2 Å². The minimum atomic E-state index is -0.318. The molecule has 0 unspecified atom stereocenters. The zero-order valence-electron chi connectivity index (χ0n) is 16.9. The molecule has 3 aliphatic rings. The van der Waals surface area contributed by atoms with Gasteiger partial charge in [-0.3, -0.25) is 9.59 Å². The third-order valence-corrected chi connectivity index (χ3v) is 8.33. The molecule has 4 nitrogen and oxygen atoms in total. The summed E-state index contributed by atoms with van der Waals surface area (Å²) in [5.74, 6) is 1.72. The van der Waals surface area contributed by atoms with Crippen LogP contribution in [0.25, 0.3) is 0 Å². The van der Waals surface area contributed by atoms with E-state index >= 15 is 0 Å². The van der Waals surface area contributed by atoms with Gasteiger partial charge in [0.15, 0.2) is 0 Å². The Morgan fingerprint density at radius 2 is 1.92 bits per heavy atom. The van der Waals surface area contributed by atoms with E-state index in [0.717, 1.165) is 38.5 Å². The van der Waals surface area contributed by atoms with E-state index in [2.05, 4.69) is 20.8 Å². The topological polar surface area (TPSA) is 63.6 Å². The first-order chi connectivity index (χ1) is 12.2. The van der Waals surface area contributed by atoms with E-state index in [9.17, 15) is 14.7 Å². The number of fused-ring (bicyclic) bond motifs is 1. The molecular weight excluding hydrogens is 328 g/mol. The summed E-state index contributed by atoms with van der Waals surface area (Å²) >= 11 is 0. The predicted molar refractivity (Wildman–Crippen MR) is 100 cm³/mol. The van der Waals surface area contributed by atoms with Crippen molar-refractivity contribution in [2.75, 3.05) is 6.61 Å². The monoisotopic (exact) mass is 364 g/mol. The lowest BCUT2D eigenvalue weighted by molar-refractivity contribution is -0.175. The van der Waals surface area contributed by atoms with Crippen LogP contribution in [0.2, 0.25) is 0 Å². The number of esters is 1. The minimum Gasteiger partial charge on any atom is -0.462 e. The van der Waals surface area contributed by atoms with Gasteiger partial charge < -0.3 is 9.84 Å². The lowest BCUT2D eigenvalue weighted by atomic mass is 9.51. The molecule has 3 rings (SSSR count). The number of hydrogen-bond acceptors (Lipinski definition) is 4. The number of rotatable bonds is 4. The van der Waals surface area contributed by atoms with Crippen LogP contribution in [0, 0.1) is 34.5 Å². The largest absolute Gasteiger partial charge is 0.462 e. The highest BCUT2D eigenvalue weighted by molar-refractivity contribution is 5.87. The van der Waals surface area contributed by atoms with Crippen molar-refractivity contribution in [3.8, 4) is 0 Å². The molecule has 0 heterocycles. The average Bonchev–Trinajstić information content (AvgIpc) is 2.87. The SMILES string of the molecule is CC(=O)O[C@@H]1[C@@H]([C@@]2(C)CC[C@H](C)C[C@@H]2CCO)CC[C@]2(C)C(=O)CC[C@@H]12. The van der Waals surface area contributed by atoms with E-state index in [0.29, 0.717) is 30.0 Å². The zero-order chi connectivity index (χ0) is 19.1. The highest BCUT2D eigenvalue weighted by Gasteiger charge is 2.59. The van der Waals surface area contributed by atoms with Crippen LogP contribution in [-0.4, -0.2) is 29.6 Å². The Morgan fingerprint density at radius 3 is 2.58 bits per heavy atom. The molecule has 0 amide bonds. The minimum absolute atomic E-state index is 0.0718. The molecule has 26 heavy (non-hydrogen) atoms. The van der Waals surface area contributed by atoms with E-state index in [-0.39, 0.29) is 35.4 Å². The molecule has 3 fully saturated rings. The maximum absolute atomic E-state index is 12.6. The van der Waals surface area contributed by atoms with Gasteiger partial charge in [-0.2, -0.15) is 0 Å². The molecule has 0 saturated heterocycles. The van der Waals surface area contributed by atoms with E-state index in [1.54, 1.807) is 0 Å². The second-order valence-corrected chi connectivity index (χ2v) is 9.80. The second-order valence-electron chi connectivity index (χ2n) is 9.80. The molecule has 148 valence electrons. The van der Waals surface area contributed by atoms with Crippen molar-refractivity contribution in [1.29, 1.82) is 0 Å². The molecular formula is C22H36O4. The quantitative estimate of drug-likeness (QED) is 0.762. The number of ether oxygens (including phenoxy) is 1. The van der Waals surface area contributed by atoms with E-state index in [4.69, 9.17) is 4.74 Å². The van der Waals surface area contributed by atoms with Crippen LogP contribution in [0.5, 0.6) is 0 Å². The molecule has 3 saturated carbocycles. The van der Waals surface area contributed by atoms with Crippen molar-refractivity contribution in [1.82, 2.24) is 0 Å². The normalized spacial score (nSPS) is 46.0. The smallest absolute Gasteiger partial charge is 0.302 e. The molecule has 0 aromatic carbocycles. The molecule has 0 radical (unpaired) electrons. The Balaban J connectivity index is 1.93. The standard InChI is InChI=1S/C22H36O4/c1-14-7-10-21(3,16(13-14)9-12-23)18-8-11-22(4)17(5-6-19(22)25)20(18)26-15(2)24/h14,16-18,20,23H,5-13H2,1-4H3/t14-,16-,17-,18-,20-,21-,22-/m0/s1. The fourth-order valence-corrected chi connectivity index (χ4v) is 6.64. The Bertz CT molecular complexity index is 558. The Morgan fingerprint density at radius 1 is 1.19 bits per heavy atom. The van der Waals surface area contributed by atoms with Crippen molar-refractivity contribution < 1.29 is 19.4 Å². The summed E-state index contributed by atoms with van der Waals surface area (Å²) in [6.07, 6.45) is 7.46. The number of aliphatic hydroxyl groups excluding tert-OH is 1. The summed E-state index contributed by atoms with van der Waals surface area (Å²) in [5.41, 5.74) is -0.246. The van der Waals surface area contributed by atoms with E-state index in [1.165, 1.54) is 13.3 Å². The van der Waals surface area contributed by atoms with Crippen molar-refractivity contribution in [2.24, 2.45) is 34.5 Å². The summed E-state index contributed by atoms with van der Waals surface area (Å²) in [6.45, 7) is 8.48. The molecule has 1 N–H and O–H groups in total. The first-order valence-corrected chi connectivity index (χ1v) is 10.5. The van der Waals surface area contributed by atoms with Crippen LogP contribution in [0.1, 0.15) is 79.1 Å². The molecule has 0 bridgehead atoms. The van der Waals surface area contributed by atoms with Crippen LogP contribution in [-0.2, 0) is 14.3 Å². The van der Waals surface area contributed by atoms with Crippen LogP contribution in [0.3, 0.4) is 0 Å². The Labute approximate surface area is 158 Å². The zero-order valence-corrected chi connectivity index (χ0v) is 16.9. The summed E-state index contributed by atoms with van der Waals surface area (Å²) in [7, 11) is 0. The van der Waals surface area contributed by atoms with Crippen LogP contribution in [0.15, 0.2) is 0 Å². The Hall–Kier alpha value is -0.900. The lowest BCUT2D eigenvalue weighted by Crippen LogP contribution is -2.54. The first kappa shape index (κ1) is 19.9. The lowest BCUT2D eigenvalue weighted by Gasteiger charge is -2.55. The third-order valence-electron chi connectivity index (χ3n) is 8.33. The van der Waals surface area contributed by atoms with E-state index in [1.807, 2.05) is 0 Å². The Kier molecular flexibility index (Phi) is 5.54. The van der Waals surface area contributed by atoms with Crippen LogP contribution < -0.4 is 0 Å². The van der Waals surface area contributed by atoms with Gasteiger partial charge in [0.2, 0.25) is 0 Å². The number of Topliss-reactive ketones (excluding diaryl/α,β-unsaturated/α-hetero) is 1. The van der Waals surface area contributed by atoms with Gasteiger partial charge in [0.25, 0.3) is 0 Å². The van der Waals surface area contributed by atoms with Crippen molar-refractivity contribution in [2.45, 2.75) is 85.2 Å². The van der Waals surface area contributed by atoms with Gasteiger partial charge in [0, 0.05) is 37.2 Å². The van der Waals surface area contributed by atoms with Gasteiger partial charge in [-0.25, -0.2) is 0 Å². The fraction of sp³-hybridized carbons (Fsp3) is 0.909. The molecule has 0 spiro atoms. The summed E-state index contributed by atoms with van der Waals surface area (Å²) in [5, 5.41) is 9.64. The second kappa shape index (κ2) is 7.26. The average molecular weight is 365 g/mol. The van der Waals surface area contributed by atoms with Crippen LogP contribution in [0.4, 0.5) is 0 Å². The highest BCUT2D eigenvalue weighted by atomic mass is 16.5. The van der Waals surface area contributed by atoms with Gasteiger partial charge in [-0.15, -0.1) is 0 Å². The van der Waals surface area contributed by atoms with Gasteiger partial charge in [-0.05, 0) is 55.8 Å². The maximum atomic E-state index is 12.6. The number of aliphatic hydroxyl groups is 1. The van der Waals surface area contributed by atoms with Gasteiger partial charge >= 0.3 is 5.97 Å². The molecule has 0 aromatic heterocycles. The summed E-state index contributed by atoms with van der Waals surface area (Å²) in [4.78, 5) is 24.5. The predicted octanol–water partition coefficient (Wildman–Crippen LogP) is 4.14.